The van der Waals surface area contributed by atoms with Gasteiger partial charge in [-0.05, 0) is 30.3 Å². The van der Waals surface area contributed by atoms with Crippen LogP contribution in [0.4, 0.5) is 11.4 Å². The van der Waals surface area contributed by atoms with E-state index in [1.165, 1.54) is 5.69 Å². The summed E-state index contributed by atoms with van der Waals surface area (Å²) in [5.41, 5.74) is 8.71. The van der Waals surface area contributed by atoms with Crippen LogP contribution in [0.2, 0.25) is 0 Å². The van der Waals surface area contributed by atoms with Crippen LogP contribution < -0.4 is 10.6 Å². The number of aliphatic imine (C=N–C) groups is 1. The molecule has 0 aromatic heterocycles. The maximum absolute atomic E-state index is 7.59. The monoisotopic (exact) mass is 300 g/mol. The van der Waals surface area contributed by atoms with Crippen molar-refractivity contribution in [3.8, 4) is 0 Å². The van der Waals surface area contributed by atoms with Gasteiger partial charge in [0, 0.05) is 45.0 Å². The number of hydrogen-bond acceptors (Lipinski definition) is 5. The SMILES string of the molecule is CN(C)c1ccc(N)cc1.CN=C1CC=CC(OC)=CC1=N. The predicted molar refractivity (Wildman–Crippen MR) is 95.1 cm³/mol. The van der Waals surface area contributed by atoms with E-state index in [-0.39, 0.29) is 0 Å². The molecule has 0 saturated carbocycles. The minimum absolute atomic E-state index is 0.430. The molecule has 0 atom stereocenters. The van der Waals surface area contributed by atoms with Crippen molar-refractivity contribution in [2.45, 2.75) is 6.42 Å². The molecule has 1 aliphatic rings. The molecule has 2 rings (SSSR count). The van der Waals surface area contributed by atoms with Crippen molar-refractivity contribution in [1.29, 1.82) is 5.41 Å². The van der Waals surface area contributed by atoms with Gasteiger partial charge >= 0.3 is 0 Å². The van der Waals surface area contributed by atoms with Gasteiger partial charge in [-0.15, -0.1) is 0 Å². The molecular formula is C17H24N4O. The number of nitrogens with two attached hydrogens (primary N) is 1. The van der Waals surface area contributed by atoms with E-state index in [4.69, 9.17) is 15.9 Å². The summed E-state index contributed by atoms with van der Waals surface area (Å²) < 4.78 is 5.01. The number of allylic oxidation sites excluding steroid dienone is 3. The van der Waals surface area contributed by atoms with Crippen molar-refractivity contribution in [1.82, 2.24) is 0 Å². The number of anilines is 2. The fraction of sp³-hybridized carbons (Fsp3) is 0.294. The summed E-state index contributed by atoms with van der Waals surface area (Å²) in [6.07, 6.45) is 6.18. The van der Waals surface area contributed by atoms with Crippen molar-refractivity contribution in [2.75, 3.05) is 38.9 Å². The van der Waals surface area contributed by atoms with Crippen LogP contribution in [0.5, 0.6) is 0 Å². The molecule has 0 bridgehead atoms. The lowest BCUT2D eigenvalue weighted by atomic mass is 10.2. The van der Waals surface area contributed by atoms with E-state index in [9.17, 15) is 0 Å². The summed E-state index contributed by atoms with van der Waals surface area (Å²) in [5, 5.41) is 7.59. The Hall–Kier alpha value is -2.56. The van der Waals surface area contributed by atoms with Gasteiger partial charge < -0.3 is 15.4 Å². The Morgan fingerprint density at radius 2 is 1.86 bits per heavy atom. The third kappa shape index (κ3) is 5.44. The zero-order valence-electron chi connectivity index (χ0n) is 13.6. The van der Waals surface area contributed by atoms with E-state index in [0.717, 1.165) is 11.4 Å². The molecule has 0 fully saturated rings. The first kappa shape index (κ1) is 17.5. The number of hydrogen-bond donors (Lipinski definition) is 2. The summed E-state index contributed by atoms with van der Waals surface area (Å²) in [5.74, 6) is 0.707. The van der Waals surface area contributed by atoms with Gasteiger partial charge in [0.05, 0.1) is 18.5 Å². The number of benzene rings is 1. The Labute approximate surface area is 132 Å². The first-order chi connectivity index (χ1) is 10.5. The second-order valence-electron chi connectivity index (χ2n) is 4.93. The summed E-state index contributed by atoms with van der Waals surface area (Å²) in [7, 11) is 7.30. The van der Waals surface area contributed by atoms with Crippen LogP contribution in [0.25, 0.3) is 0 Å². The Morgan fingerprint density at radius 3 is 2.36 bits per heavy atom. The van der Waals surface area contributed by atoms with Crippen LogP contribution >= 0.6 is 0 Å². The molecular weight excluding hydrogens is 276 g/mol. The van der Waals surface area contributed by atoms with Gasteiger partial charge in [0.1, 0.15) is 5.76 Å². The van der Waals surface area contributed by atoms with Crippen molar-refractivity contribution >= 4 is 22.8 Å². The largest absolute Gasteiger partial charge is 0.497 e. The highest BCUT2D eigenvalue weighted by Gasteiger charge is 2.06. The standard InChI is InChI=1S/C9H12N2O.C8H12N2/c1-11-9-5-3-4-7(12-2)6-8(9)10;1-10(2)8-5-3-7(9)4-6-8/h3-4,6,10H,5H2,1-2H3;3-6H,9H2,1-2H3. The second-order valence-corrected chi connectivity index (χ2v) is 4.93. The van der Waals surface area contributed by atoms with Crippen LogP contribution in [0.15, 0.2) is 53.2 Å². The number of ether oxygens (including phenoxy) is 1. The number of nitrogen functional groups attached to an aromatic ring is 1. The van der Waals surface area contributed by atoms with Crippen molar-refractivity contribution in [3.05, 3.63) is 48.3 Å². The van der Waals surface area contributed by atoms with Gasteiger partial charge in [-0.2, -0.15) is 0 Å². The molecule has 0 aliphatic heterocycles. The third-order valence-electron chi connectivity index (χ3n) is 3.11. The molecule has 1 aromatic rings. The molecule has 0 heterocycles. The molecule has 0 unspecified atom stereocenters. The lowest BCUT2D eigenvalue weighted by Crippen LogP contribution is -2.08. The van der Waals surface area contributed by atoms with Gasteiger partial charge in [0.2, 0.25) is 0 Å². The molecule has 0 saturated heterocycles. The predicted octanol–water partition coefficient (Wildman–Crippen LogP) is 2.90. The molecule has 0 spiro atoms. The minimum Gasteiger partial charge on any atom is -0.497 e. The lowest BCUT2D eigenvalue weighted by Gasteiger charge is -2.11. The van der Waals surface area contributed by atoms with E-state index >= 15 is 0 Å². The Kier molecular flexibility index (Phi) is 6.89. The Balaban J connectivity index is 0.000000224. The number of nitrogens with one attached hydrogen (secondary N) is 1. The summed E-state index contributed by atoms with van der Waals surface area (Å²) in [6.45, 7) is 0. The third-order valence-corrected chi connectivity index (χ3v) is 3.11. The van der Waals surface area contributed by atoms with Crippen LogP contribution in [0, 0.1) is 5.41 Å². The fourth-order valence-electron chi connectivity index (χ4n) is 1.78. The van der Waals surface area contributed by atoms with E-state index in [2.05, 4.69) is 4.99 Å². The molecule has 5 nitrogen and oxygen atoms in total. The molecule has 22 heavy (non-hydrogen) atoms. The van der Waals surface area contributed by atoms with Gasteiger partial charge in [-0.25, -0.2) is 0 Å². The first-order valence-corrected chi connectivity index (χ1v) is 6.97. The van der Waals surface area contributed by atoms with Gasteiger partial charge in [-0.1, -0.05) is 6.08 Å². The summed E-state index contributed by atoms with van der Waals surface area (Å²) in [4.78, 5) is 6.04. The first-order valence-electron chi connectivity index (χ1n) is 6.97. The molecule has 1 aliphatic carbocycles. The van der Waals surface area contributed by atoms with Crippen LogP contribution in [0.3, 0.4) is 0 Å². The maximum Gasteiger partial charge on any atom is 0.120 e. The van der Waals surface area contributed by atoms with E-state index in [1.807, 2.05) is 55.4 Å². The van der Waals surface area contributed by atoms with Crippen LogP contribution in [-0.2, 0) is 4.74 Å². The second kappa shape index (κ2) is 8.67. The fourth-order valence-corrected chi connectivity index (χ4v) is 1.78. The topological polar surface area (TPSA) is 74.7 Å². The molecule has 5 heteroatoms. The quantitative estimate of drug-likeness (QED) is 0.825. The number of nitrogens with zero attached hydrogens (tertiary/aromatic N) is 2. The minimum atomic E-state index is 0.430. The highest BCUT2D eigenvalue weighted by Crippen LogP contribution is 2.12. The van der Waals surface area contributed by atoms with Crippen LogP contribution in [-0.4, -0.2) is 39.7 Å². The zero-order valence-corrected chi connectivity index (χ0v) is 13.6. The Morgan fingerprint density at radius 1 is 1.23 bits per heavy atom. The number of rotatable bonds is 2. The van der Waals surface area contributed by atoms with Gasteiger partial charge in [0.25, 0.3) is 0 Å². The summed E-state index contributed by atoms with van der Waals surface area (Å²) >= 11 is 0. The molecule has 0 radical (unpaired) electrons. The maximum atomic E-state index is 7.59. The average molecular weight is 300 g/mol. The van der Waals surface area contributed by atoms with Gasteiger partial charge in [-0.3, -0.25) is 10.4 Å². The highest BCUT2D eigenvalue weighted by atomic mass is 16.5. The molecule has 0 amide bonds. The van der Waals surface area contributed by atoms with Crippen molar-refractivity contribution < 1.29 is 4.74 Å². The summed E-state index contributed by atoms with van der Waals surface area (Å²) in [6, 6.07) is 7.79. The smallest absolute Gasteiger partial charge is 0.120 e. The normalized spacial score (nSPS) is 15.5. The van der Waals surface area contributed by atoms with E-state index < -0.39 is 0 Å². The molecule has 3 N–H and O–H groups in total. The number of methoxy groups -OCH3 is 1. The molecule has 118 valence electrons. The zero-order chi connectivity index (χ0) is 16.5. The van der Waals surface area contributed by atoms with Crippen molar-refractivity contribution in [2.24, 2.45) is 4.99 Å². The average Bonchev–Trinajstić information content (AvgIpc) is 2.69. The lowest BCUT2D eigenvalue weighted by molar-refractivity contribution is 0.307. The van der Waals surface area contributed by atoms with E-state index in [1.54, 1.807) is 20.2 Å². The molecule has 1 aromatic carbocycles. The van der Waals surface area contributed by atoms with Crippen LogP contribution in [0.1, 0.15) is 6.42 Å². The van der Waals surface area contributed by atoms with Crippen molar-refractivity contribution in [3.63, 3.8) is 0 Å². The van der Waals surface area contributed by atoms with Gasteiger partial charge in [0.15, 0.2) is 0 Å². The Bertz CT molecular complexity index is 583. The van der Waals surface area contributed by atoms with E-state index in [0.29, 0.717) is 17.9 Å². The highest BCUT2D eigenvalue weighted by molar-refractivity contribution is 6.45.